The van der Waals surface area contributed by atoms with Gasteiger partial charge in [0.25, 0.3) is 10.0 Å². The number of carboxylic acids is 1. The van der Waals surface area contributed by atoms with Gasteiger partial charge in [-0.05, 0) is 31.2 Å². The summed E-state index contributed by atoms with van der Waals surface area (Å²) < 4.78 is 32.0. The van der Waals surface area contributed by atoms with E-state index in [1.807, 2.05) is 0 Å². The lowest BCUT2D eigenvalue weighted by atomic mass is 10.2. The summed E-state index contributed by atoms with van der Waals surface area (Å²) in [5.74, 6) is -1.04. The Balaban J connectivity index is 2.11. The van der Waals surface area contributed by atoms with Crippen molar-refractivity contribution in [3.05, 3.63) is 47.5 Å². The Labute approximate surface area is 160 Å². The fourth-order valence-electron chi connectivity index (χ4n) is 2.59. The van der Waals surface area contributed by atoms with E-state index in [4.69, 9.17) is 21.4 Å². The molecule has 0 fully saturated rings. The van der Waals surface area contributed by atoms with Crippen molar-refractivity contribution in [1.82, 2.24) is 0 Å². The van der Waals surface area contributed by atoms with Crippen LogP contribution < -0.4 is 13.9 Å². The minimum Gasteiger partial charge on any atom is -0.479 e. The van der Waals surface area contributed by atoms with Gasteiger partial charge in [-0.2, -0.15) is 4.31 Å². The van der Waals surface area contributed by atoms with Gasteiger partial charge in [-0.3, -0.25) is 4.90 Å². The molecule has 0 radical (unpaired) electrons. The summed E-state index contributed by atoms with van der Waals surface area (Å²) >= 11 is 6.08. The van der Waals surface area contributed by atoms with Crippen LogP contribution in [-0.4, -0.2) is 38.7 Å². The van der Waals surface area contributed by atoms with Crippen LogP contribution in [0.1, 0.15) is 6.92 Å². The van der Waals surface area contributed by atoms with Gasteiger partial charge in [0.15, 0.2) is 6.10 Å². The third kappa shape index (κ3) is 3.19. The Morgan fingerprint density at radius 1 is 1.19 bits per heavy atom. The minimum absolute atomic E-state index is 0.0430. The summed E-state index contributed by atoms with van der Waals surface area (Å²) in [6.07, 6.45) is -1.14. The SMILES string of the molecule is CC(Oc1ccc2c(c1)N(C)C(=O)N(c1ccccc1Cl)S2(=O)=O)C(=O)O. The maximum absolute atomic E-state index is 13.0. The van der Waals surface area contributed by atoms with Crippen molar-refractivity contribution in [2.24, 2.45) is 0 Å². The van der Waals surface area contributed by atoms with Gasteiger partial charge in [-0.25, -0.2) is 18.0 Å². The van der Waals surface area contributed by atoms with E-state index >= 15 is 0 Å². The standard InChI is InChI=1S/C17H15ClN2O6S/c1-10(16(21)22)26-11-7-8-15-14(9-11)19(2)17(23)20(27(15,24)25)13-6-4-3-5-12(13)18/h3-10H,1-2H3,(H,21,22). The minimum atomic E-state index is -4.22. The molecule has 1 aliphatic heterocycles. The van der Waals surface area contributed by atoms with Crippen LogP contribution in [0.3, 0.4) is 0 Å². The second kappa shape index (κ2) is 6.75. The summed E-state index contributed by atoms with van der Waals surface area (Å²) in [6, 6.07) is 9.21. The number of carbonyl (C=O) groups excluding carboxylic acids is 1. The van der Waals surface area contributed by atoms with Crippen molar-refractivity contribution in [2.75, 3.05) is 16.3 Å². The van der Waals surface area contributed by atoms with Gasteiger partial charge in [0.1, 0.15) is 10.6 Å². The molecule has 0 bridgehead atoms. The molecule has 3 rings (SSSR count). The molecule has 1 unspecified atom stereocenters. The molecule has 1 atom stereocenters. The molecule has 0 spiro atoms. The molecule has 2 amide bonds. The lowest BCUT2D eigenvalue weighted by Gasteiger charge is -2.34. The second-order valence-electron chi connectivity index (χ2n) is 5.79. The maximum atomic E-state index is 13.0. The molecule has 2 aromatic rings. The Hall–Kier alpha value is -2.78. The van der Waals surface area contributed by atoms with Crippen LogP contribution in [0.15, 0.2) is 47.4 Å². The van der Waals surface area contributed by atoms with E-state index in [1.165, 1.54) is 44.3 Å². The molecule has 0 saturated carbocycles. The molecule has 1 heterocycles. The number of urea groups is 1. The summed E-state index contributed by atoms with van der Waals surface area (Å²) in [6.45, 7) is 1.34. The number of hydrogen-bond acceptors (Lipinski definition) is 5. The zero-order valence-electron chi connectivity index (χ0n) is 14.3. The Morgan fingerprint density at radius 3 is 2.48 bits per heavy atom. The average molecular weight is 411 g/mol. The van der Waals surface area contributed by atoms with Crippen molar-refractivity contribution in [3.8, 4) is 5.75 Å². The van der Waals surface area contributed by atoms with E-state index in [1.54, 1.807) is 12.1 Å². The average Bonchev–Trinajstić information content (AvgIpc) is 2.61. The highest BCUT2D eigenvalue weighted by Crippen LogP contribution is 2.40. The molecule has 0 aliphatic carbocycles. The number of anilines is 2. The Morgan fingerprint density at radius 2 is 1.85 bits per heavy atom. The predicted molar refractivity (Wildman–Crippen MR) is 99.1 cm³/mol. The van der Waals surface area contributed by atoms with Crippen LogP contribution in [0, 0.1) is 0 Å². The second-order valence-corrected chi connectivity index (χ2v) is 7.95. The molecule has 0 aromatic heterocycles. The topological polar surface area (TPSA) is 104 Å². The van der Waals surface area contributed by atoms with E-state index in [0.29, 0.717) is 4.31 Å². The summed E-state index contributed by atoms with van der Waals surface area (Å²) in [7, 11) is -2.81. The summed E-state index contributed by atoms with van der Waals surface area (Å²) in [5, 5.41) is 9.05. The van der Waals surface area contributed by atoms with Crippen LogP contribution in [0.25, 0.3) is 0 Å². The van der Waals surface area contributed by atoms with E-state index in [2.05, 4.69) is 0 Å². The zero-order chi connectivity index (χ0) is 19.9. The summed E-state index contributed by atoms with van der Waals surface area (Å²) in [4.78, 5) is 24.7. The van der Waals surface area contributed by atoms with Gasteiger partial charge >= 0.3 is 12.0 Å². The first-order valence-electron chi connectivity index (χ1n) is 7.75. The van der Waals surface area contributed by atoms with Gasteiger partial charge in [0, 0.05) is 13.1 Å². The van der Waals surface area contributed by atoms with Crippen molar-refractivity contribution in [1.29, 1.82) is 0 Å². The third-order valence-corrected chi connectivity index (χ3v) is 6.06. The molecular formula is C17H15ClN2O6S. The van der Waals surface area contributed by atoms with E-state index < -0.39 is 28.1 Å². The number of ether oxygens (including phenoxy) is 1. The van der Waals surface area contributed by atoms with Gasteiger partial charge in [0.2, 0.25) is 0 Å². The Kier molecular flexibility index (Phi) is 4.75. The number of carbonyl (C=O) groups is 2. The zero-order valence-corrected chi connectivity index (χ0v) is 15.9. The van der Waals surface area contributed by atoms with Crippen LogP contribution in [0.2, 0.25) is 5.02 Å². The highest BCUT2D eigenvalue weighted by Gasteiger charge is 2.42. The normalized spacial score (nSPS) is 16.6. The first-order valence-corrected chi connectivity index (χ1v) is 9.57. The fraction of sp³-hybridized carbons (Fsp3) is 0.176. The first kappa shape index (κ1) is 19.0. The quantitative estimate of drug-likeness (QED) is 0.830. The third-order valence-electron chi connectivity index (χ3n) is 4.00. The molecule has 1 N–H and O–H groups in total. The predicted octanol–water partition coefficient (Wildman–Crippen LogP) is 2.96. The number of carboxylic acid groups (broad SMARTS) is 1. The van der Waals surface area contributed by atoms with Gasteiger partial charge < -0.3 is 9.84 Å². The number of para-hydroxylation sites is 1. The molecule has 1 aliphatic rings. The summed E-state index contributed by atoms with van der Waals surface area (Å²) in [5.41, 5.74) is 0.125. The van der Waals surface area contributed by atoms with E-state index in [9.17, 15) is 18.0 Å². The van der Waals surface area contributed by atoms with Gasteiger partial charge in [0.05, 0.1) is 16.4 Å². The van der Waals surface area contributed by atoms with Crippen LogP contribution in [0.4, 0.5) is 16.2 Å². The molecule has 142 valence electrons. The van der Waals surface area contributed by atoms with Crippen molar-refractivity contribution in [3.63, 3.8) is 0 Å². The highest BCUT2D eigenvalue weighted by atomic mass is 35.5. The number of amides is 2. The maximum Gasteiger partial charge on any atom is 0.344 e. The first-order chi connectivity index (χ1) is 12.6. The lowest BCUT2D eigenvalue weighted by Crippen LogP contribution is -2.49. The van der Waals surface area contributed by atoms with Crippen molar-refractivity contribution in [2.45, 2.75) is 17.9 Å². The molecule has 8 nitrogen and oxygen atoms in total. The number of hydrogen-bond donors (Lipinski definition) is 1. The largest absolute Gasteiger partial charge is 0.479 e. The number of fused-ring (bicyclic) bond motifs is 1. The number of rotatable bonds is 4. The number of aliphatic carboxylic acids is 1. The lowest BCUT2D eigenvalue weighted by molar-refractivity contribution is -0.144. The molecular weight excluding hydrogens is 396 g/mol. The number of sulfonamides is 1. The van der Waals surface area contributed by atoms with Gasteiger partial charge in [-0.1, -0.05) is 23.7 Å². The highest BCUT2D eigenvalue weighted by molar-refractivity contribution is 7.94. The molecule has 2 aromatic carbocycles. The van der Waals surface area contributed by atoms with E-state index in [-0.39, 0.29) is 27.0 Å². The van der Waals surface area contributed by atoms with Crippen LogP contribution in [-0.2, 0) is 14.8 Å². The van der Waals surface area contributed by atoms with Crippen LogP contribution in [0.5, 0.6) is 5.75 Å². The van der Waals surface area contributed by atoms with Crippen molar-refractivity contribution < 1.29 is 27.9 Å². The fourth-order valence-corrected chi connectivity index (χ4v) is 4.51. The number of benzene rings is 2. The van der Waals surface area contributed by atoms with Crippen LogP contribution >= 0.6 is 11.6 Å². The Bertz CT molecular complexity index is 1040. The van der Waals surface area contributed by atoms with E-state index in [0.717, 1.165) is 4.90 Å². The monoisotopic (exact) mass is 410 g/mol. The smallest absolute Gasteiger partial charge is 0.344 e. The molecule has 27 heavy (non-hydrogen) atoms. The number of nitrogens with zero attached hydrogens (tertiary/aromatic N) is 2. The molecule has 10 heteroatoms. The number of halogens is 1. The van der Waals surface area contributed by atoms with Gasteiger partial charge in [-0.15, -0.1) is 0 Å². The van der Waals surface area contributed by atoms with Crippen molar-refractivity contribution >= 4 is 45.0 Å². The molecule has 0 saturated heterocycles.